The predicted molar refractivity (Wildman–Crippen MR) is 115 cm³/mol. The van der Waals surface area contributed by atoms with Crippen molar-refractivity contribution < 1.29 is 9.59 Å². The summed E-state index contributed by atoms with van der Waals surface area (Å²) in [5.41, 5.74) is 3.56. The Bertz CT molecular complexity index is 734. The van der Waals surface area contributed by atoms with E-state index < -0.39 is 0 Å². The van der Waals surface area contributed by atoms with Crippen LogP contribution in [0.1, 0.15) is 66.4 Å². The summed E-state index contributed by atoms with van der Waals surface area (Å²) in [6.45, 7) is 4.72. The maximum absolute atomic E-state index is 13.0. The molecule has 1 aromatic rings. The molecule has 0 aromatic heterocycles. The van der Waals surface area contributed by atoms with Gasteiger partial charge in [0, 0.05) is 44.7 Å². The Morgan fingerprint density at radius 1 is 0.966 bits per heavy atom. The lowest BCUT2D eigenvalue weighted by Gasteiger charge is -2.37. The summed E-state index contributed by atoms with van der Waals surface area (Å²) in [5, 5.41) is 0. The summed E-state index contributed by atoms with van der Waals surface area (Å²) in [6.07, 6.45) is 9.69. The largest absolute Gasteiger partial charge is 0.343 e. The smallest absolute Gasteiger partial charge is 0.253 e. The first-order valence-corrected chi connectivity index (χ1v) is 11.5. The maximum Gasteiger partial charge on any atom is 0.253 e. The van der Waals surface area contributed by atoms with Gasteiger partial charge in [-0.15, -0.1) is 0 Å². The minimum atomic E-state index is 0.120. The van der Waals surface area contributed by atoms with E-state index in [1.54, 1.807) is 0 Å². The van der Waals surface area contributed by atoms with Gasteiger partial charge in [-0.2, -0.15) is 0 Å². The Kier molecular flexibility index (Phi) is 6.53. The highest BCUT2D eigenvalue weighted by Crippen LogP contribution is 2.24. The van der Waals surface area contributed by atoms with E-state index in [1.165, 1.54) is 36.8 Å². The van der Waals surface area contributed by atoms with Crippen molar-refractivity contribution in [1.82, 2.24) is 14.7 Å². The molecule has 5 nitrogen and oxygen atoms in total. The minimum absolute atomic E-state index is 0.120. The van der Waals surface area contributed by atoms with Crippen molar-refractivity contribution >= 4 is 11.8 Å². The van der Waals surface area contributed by atoms with E-state index >= 15 is 0 Å². The van der Waals surface area contributed by atoms with Crippen LogP contribution in [0.25, 0.3) is 0 Å². The van der Waals surface area contributed by atoms with E-state index in [2.05, 4.69) is 17.0 Å². The van der Waals surface area contributed by atoms with Crippen LogP contribution in [0.2, 0.25) is 0 Å². The Morgan fingerprint density at radius 3 is 2.45 bits per heavy atom. The van der Waals surface area contributed by atoms with Crippen LogP contribution in [0.5, 0.6) is 0 Å². The molecule has 0 N–H and O–H groups in total. The number of hydrogen-bond donors (Lipinski definition) is 0. The van der Waals surface area contributed by atoms with Gasteiger partial charge in [-0.25, -0.2) is 0 Å². The standard InChI is InChI=1S/C24H35N3O2/c1-25(24(29)21-9-8-19-6-5-7-20(19)18-21)22-10-16-27(17-11-22)23(28)12-15-26-13-3-2-4-14-26/h8-9,18,22H,2-7,10-17H2,1H3. The number of nitrogens with zero attached hydrogens (tertiary/aromatic N) is 3. The molecule has 3 aliphatic rings. The fourth-order valence-corrected chi connectivity index (χ4v) is 5.17. The first-order chi connectivity index (χ1) is 14.1. The molecule has 0 atom stereocenters. The van der Waals surface area contributed by atoms with E-state index in [-0.39, 0.29) is 17.9 Å². The van der Waals surface area contributed by atoms with Gasteiger partial charge >= 0.3 is 0 Å². The molecule has 1 aromatic carbocycles. The number of benzene rings is 1. The summed E-state index contributed by atoms with van der Waals surface area (Å²) < 4.78 is 0. The lowest BCUT2D eigenvalue weighted by Crippen LogP contribution is -2.47. The monoisotopic (exact) mass is 397 g/mol. The zero-order chi connectivity index (χ0) is 20.2. The van der Waals surface area contributed by atoms with Crippen LogP contribution < -0.4 is 0 Å². The third-order valence-electron chi connectivity index (χ3n) is 7.12. The molecular weight excluding hydrogens is 362 g/mol. The summed E-state index contributed by atoms with van der Waals surface area (Å²) in [5.74, 6) is 0.399. The summed E-state index contributed by atoms with van der Waals surface area (Å²) in [6, 6.07) is 6.44. The van der Waals surface area contributed by atoms with Gasteiger partial charge in [0.05, 0.1) is 0 Å². The van der Waals surface area contributed by atoms with E-state index in [1.807, 2.05) is 22.9 Å². The number of rotatable bonds is 5. The lowest BCUT2D eigenvalue weighted by molar-refractivity contribution is -0.133. The zero-order valence-electron chi connectivity index (χ0n) is 17.9. The Labute approximate surface area is 175 Å². The van der Waals surface area contributed by atoms with E-state index in [4.69, 9.17) is 0 Å². The van der Waals surface area contributed by atoms with E-state index in [9.17, 15) is 9.59 Å². The lowest BCUT2D eigenvalue weighted by atomic mass is 10.0. The average Bonchev–Trinajstić information content (AvgIpc) is 3.25. The summed E-state index contributed by atoms with van der Waals surface area (Å²) >= 11 is 0. The van der Waals surface area contributed by atoms with Gasteiger partial charge < -0.3 is 14.7 Å². The van der Waals surface area contributed by atoms with E-state index in [0.29, 0.717) is 6.42 Å². The third kappa shape index (κ3) is 4.82. The van der Waals surface area contributed by atoms with Crippen LogP contribution in [0, 0.1) is 0 Å². The van der Waals surface area contributed by atoms with Crippen LogP contribution in [0.3, 0.4) is 0 Å². The fraction of sp³-hybridized carbons (Fsp3) is 0.667. The Hall–Kier alpha value is -1.88. The van der Waals surface area contributed by atoms with Crippen molar-refractivity contribution in [2.45, 2.75) is 63.8 Å². The second kappa shape index (κ2) is 9.29. The van der Waals surface area contributed by atoms with Gasteiger partial charge in [-0.05, 0) is 81.3 Å². The normalized spacial score (nSPS) is 20.5. The van der Waals surface area contributed by atoms with Crippen molar-refractivity contribution in [1.29, 1.82) is 0 Å². The molecule has 29 heavy (non-hydrogen) atoms. The molecule has 2 fully saturated rings. The molecule has 0 spiro atoms. The second-order valence-electron chi connectivity index (χ2n) is 9.02. The molecule has 2 saturated heterocycles. The van der Waals surface area contributed by atoms with Crippen molar-refractivity contribution in [2.75, 3.05) is 39.8 Å². The number of aryl methyl sites for hydroxylation is 2. The first-order valence-electron chi connectivity index (χ1n) is 11.5. The van der Waals surface area contributed by atoms with Crippen molar-refractivity contribution in [3.8, 4) is 0 Å². The average molecular weight is 398 g/mol. The highest BCUT2D eigenvalue weighted by molar-refractivity contribution is 5.94. The topological polar surface area (TPSA) is 43.9 Å². The van der Waals surface area contributed by atoms with Crippen molar-refractivity contribution in [2.24, 2.45) is 0 Å². The first kappa shape index (κ1) is 20.4. The van der Waals surface area contributed by atoms with Crippen LogP contribution in [0.15, 0.2) is 18.2 Å². The van der Waals surface area contributed by atoms with Gasteiger partial charge in [-0.1, -0.05) is 12.5 Å². The Morgan fingerprint density at radius 2 is 1.69 bits per heavy atom. The number of carbonyl (C=O) groups excluding carboxylic acids is 2. The molecule has 2 aliphatic heterocycles. The molecule has 5 heteroatoms. The third-order valence-corrected chi connectivity index (χ3v) is 7.12. The molecule has 158 valence electrons. The van der Waals surface area contributed by atoms with Gasteiger partial charge in [0.2, 0.25) is 5.91 Å². The predicted octanol–water partition coefficient (Wildman–Crippen LogP) is 3.11. The Balaban J connectivity index is 1.25. The van der Waals surface area contributed by atoms with Crippen LogP contribution >= 0.6 is 0 Å². The second-order valence-corrected chi connectivity index (χ2v) is 9.02. The fourth-order valence-electron chi connectivity index (χ4n) is 5.17. The molecule has 0 saturated carbocycles. The molecule has 0 bridgehead atoms. The number of amides is 2. The molecule has 0 unspecified atom stereocenters. The van der Waals surface area contributed by atoms with Crippen LogP contribution in [-0.2, 0) is 17.6 Å². The molecule has 1 aliphatic carbocycles. The quantitative estimate of drug-likeness (QED) is 0.767. The zero-order valence-corrected chi connectivity index (χ0v) is 17.9. The highest BCUT2D eigenvalue weighted by Gasteiger charge is 2.28. The number of likely N-dealkylation sites (tertiary alicyclic amines) is 2. The number of piperidine rings is 2. The van der Waals surface area contributed by atoms with Gasteiger partial charge in [0.15, 0.2) is 0 Å². The van der Waals surface area contributed by atoms with Crippen molar-refractivity contribution in [3.63, 3.8) is 0 Å². The summed E-state index contributed by atoms with van der Waals surface area (Å²) in [7, 11) is 1.92. The maximum atomic E-state index is 13.0. The number of hydrogen-bond acceptors (Lipinski definition) is 3. The van der Waals surface area contributed by atoms with Crippen LogP contribution in [0.4, 0.5) is 0 Å². The number of fused-ring (bicyclic) bond motifs is 1. The van der Waals surface area contributed by atoms with E-state index in [0.717, 1.165) is 64.0 Å². The van der Waals surface area contributed by atoms with Crippen molar-refractivity contribution in [3.05, 3.63) is 34.9 Å². The van der Waals surface area contributed by atoms with Gasteiger partial charge in [0.1, 0.15) is 0 Å². The van der Waals surface area contributed by atoms with Gasteiger partial charge in [0.25, 0.3) is 5.91 Å². The SMILES string of the molecule is CN(C(=O)c1ccc2c(c1)CCC2)C1CCN(C(=O)CCN2CCCCC2)CC1. The summed E-state index contributed by atoms with van der Waals surface area (Å²) in [4.78, 5) is 31.9. The molecule has 4 rings (SSSR count). The highest BCUT2D eigenvalue weighted by atomic mass is 16.2. The molecular formula is C24H35N3O2. The molecule has 2 amide bonds. The van der Waals surface area contributed by atoms with Crippen LogP contribution in [-0.4, -0.2) is 72.3 Å². The molecule has 0 radical (unpaired) electrons. The van der Waals surface area contributed by atoms with Gasteiger partial charge in [-0.3, -0.25) is 9.59 Å². The minimum Gasteiger partial charge on any atom is -0.343 e. The molecule has 2 heterocycles. The number of carbonyl (C=O) groups is 2.